The lowest BCUT2D eigenvalue weighted by molar-refractivity contribution is -0.384. The summed E-state index contributed by atoms with van der Waals surface area (Å²) in [5.41, 5.74) is 1.27. The lowest BCUT2D eigenvalue weighted by Gasteiger charge is -2.34. The van der Waals surface area contributed by atoms with E-state index in [0.29, 0.717) is 11.3 Å². The molecule has 13 nitrogen and oxygen atoms in total. The Morgan fingerprint density at radius 3 is 2.11 bits per heavy atom. The van der Waals surface area contributed by atoms with E-state index in [1.54, 1.807) is 31.4 Å². The number of rotatable bonds is 9. The second-order valence-corrected chi connectivity index (χ2v) is 8.26. The summed E-state index contributed by atoms with van der Waals surface area (Å²) in [6.45, 7) is 0.925. The number of hydrogen-bond acceptors (Lipinski definition) is 9. The Balaban J connectivity index is 1.34. The zero-order valence-corrected chi connectivity index (χ0v) is 20.7. The van der Waals surface area contributed by atoms with E-state index in [1.165, 1.54) is 34.1 Å². The summed E-state index contributed by atoms with van der Waals surface area (Å²) in [6.07, 6.45) is -1.93. The van der Waals surface area contributed by atoms with Crippen LogP contribution in [0.4, 0.5) is 15.3 Å². The van der Waals surface area contributed by atoms with Crippen LogP contribution in [0.15, 0.2) is 53.5 Å². The van der Waals surface area contributed by atoms with Gasteiger partial charge in [-0.25, -0.2) is 9.59 Å². The SMILES string of the molecule is COc1ccc(COC(=O)N2CCN(C(=O)[C@@H](O)CC=NC(=O)OCc3ccc([N+](=O)[O-])cc3)CC2)cc1. The number of nitro groups is 1. The molecule has 3 rings (SSSR count). The van der Waals surface area contributed by atoms with Gasteiger partial charge in [0.1, 0.15) is 25.1 Å². The van der Waals surface area contributed by atoms with Crippen molar-refractivity contribution in [2.24, 2.45) is 4.99 Å². The van der Waals surface area contributed by atoms with E-state index in [1.807, 2.05) is 0 Å². The predicted molar refractivity (Wildman–Crippen MR) is 134 cm³/mol. The molecule has 1 heterocycles. The summed E-state index contributed by atoms with van der Waals surface area (Å²) in [7, 11) is 1.57. The molecule has 1 aliphatic heterocycles. The third-order valence-electron chi connectivity index (χ3n) is 5.69. The van der Waals surface area contributed by atoms with Gasteiger partial charge in [0.15, 0.2) is 0 Å². The summed E-state index contributed by atoms with van der Waals surface area (Å²) in [5.74, 6) is 0.163. The standard InChI is InChI=1S/C25H28N4O9/c1-36-21-8-4-19(5-9-21)17-38-25(33)28-14-12-27(13-15-28)23(31)22(30)10-11-26-24(32)37-16-18-2-6-20(7-3-18)29(34)35/h2-9,11,22,30H,10,12-17H2,1H3/t22-/m0/s1. The third-order valence-corrected chi connectivity index (χ3v) is 5.69. The minimum absolute atomic E-state index is 0.0807. The van der Waals surface area contributed by atoms with Gasteiger partial charge in [-0.2, -0.15) is 4.99 Å². The summed E-state index contributed by atoms with van der Waals surface area (Å²) >= 11 is 0. The molecule has 13 heteroatoms. The molecular weight excluding hydrogens is 500 g/mol. The van der Waals surface area contributed by atoms with Gasteiger partial charge in [0.2, 0.25) is 0 Å². The Morgan fingerprint density at radius 1 is 0.974 bits per heavy atom. The maximum Gasteiger partial charge on any atom is 0.433 e. The van der Waals surface area contributed by atoms with Gasteiger partial charge in [0.25, 0.3) is 11.6 Å². The summed E-state index contributed by atoms with van der Waals surface area (Å²) < 4.78 is 15.4. The number of amides is 3. The van der Waals surface area contributed by atoms with E-state index < -0.39 is 29.1 Å². The Morgan fingerprint density at radius 2 is 1.53 bits per heavy atom. The van der Waals surface area contributed by atoms with Crippen LogP contribution < -0.4 is 4.74 Å². The number of benzene rings is 2. The first-order chi connectivity index (χ1) is 18.3. The Hall–Kier alpha value is -4.52. The maximum atomic E-state index is 12.5. The molecule has 202 valence electrons. The van der Waals surface area contributed by atoms with Gasteiger partial charge >= 0.3 is 12.2 Å². The molecule has 0 radical (unpaired) electrons. The molecule has 0 aliphatic carbocycles. The number of non-ortho nitro benzene ring substituents is 1. The number of methoxy groups -OCH3 is 1. The van der Waals surface area contributed by atoms with Crippen molar-refractivity contribution >= 4 is 30.0 Å². The molecule has 0 unspecified atom stereocenters. The van der Waals surface area contributed by atoms with Crippen LogP contribution >= 0.6 is 0 Å². The van der Waals surface area contributed by atoms with Crippen molar-refractivity contribution in [2.75, 3.05) is 33.3 Å². The van der Waals surface area contributed by atoms with Crippen LogP contribution in [0.2, 0.25) is 0 Å². The zero-order valence-electron chi connectivity index (χ0n) is 20.7. The van der Waals surface area contributed by atoms with Crippen LogP contribution in [0.5, 0.6) is 5.75 Å². The van der Waals surface area contributed by atoms with Gasteiger partial charge in [-0.1, -0.05) is 12.1 Å². The second-order valence-electron chi connectivity index (χ2n) is 8.26. The van der Waals surface area contributed by atoms with E-state index in [2.05, 4.69) is 4.99 Å². The number of carbonyl (C=O) groups is 3. The number of nitro benzene ring substituents is 1. The molecule has 38 heavy (non-hydrogen) atoms. The lowest BCUT2D eigenvalue weighted by Crippen LogP contribution is -2.53. The minimum atomic E-state index is -1.41. The van der Waals surface area contributed by atoms with Crippen LogP contribution in [0.3, 0.4) is 0 Å². The molecule has 0 spiro atoms. The van der Waals surface area contributed by atoms with Gasteiger partial charge in [0, 0.05) is 50.9 Å². The molecule has 1 N–H and O–H groups in total. The van der Waals surface area contributed by atoms with Crippen molar-refractivity contribution in [3.8, 4) is 5.75 Å². The van der Waals surface area contributed by atoms with E-state index in [4.69, 9.17) is 14.2 Å². The van der Waals surface area contributed by atoms with Crippen molar-refractivity contribution in [2.45, 2.75) is 25.7 Å². The summed E-state index contributed by atoms with van der Waals surface area (Å²) in [5, 5.41) is 20.8. The number of ether oxygens (including phenoxy) is 3. The van der Waals surface area contributed by atoms with Crippen molar-refractivity contribution in [3.05, 3.63) is 69.8 Å². The summed E-state index contributed by atoms with van der Waals surface area (Å²) in [4.78, 5) is 53.2. The minimum Gasteiger partial charge on any atom is -0.497 e. The van der Waals surface area contributed by atoms with Crippen molar-refractivity contribution in [3.63, 3.8) is 0 Å². The molecule has 2 aromatic rings. The van der Waals surface area contributed by atoms with Gasteiger partial charge in [0.05, 0.1) is 12.0 Å². The van der Waals surface area contributed by atoms with Gasteiger partial charge < -0.3 is 29.1 Å². The fourth-order valence-corrected chi connectivity index (χ4v) is 3.50. The van der Waals surface area contributed by atoms with E-state index >= 15 is 0 Å². The van der Waals surface area contributed by atoms with E-state index in [0.717, 1.165) is 11.8 Å². The maximum absolute atomic E-state index is 12.5. The quantitative estimate of drug-likeness (QED) is 0.293. The highest BCUT2D eigenvalue weighted by molar-refractivity contribution is 5.86. The van der Waals surface area contributed by atoms with E-state index in [9.17, 15) is 29.6 Å². The average Bonchev–Trinajstić information content (AvgIpc) is 2.94. The first kappa shape index (κ1) is 28.1. The highest BCUT2D eigenvalue weighted by Gasteiger charge is 2.28. The Kier molecular flexibility index (Phi) is 10.1. The number of nitrogens with zero attached hydrogens (tertiary/aromatic N) is 4. The molecule has 0 saturated carbocycles. The Bertz CT molecular complexity index is 1140. The molecule has 1 atom stereocenters. The molecule has 0 aromatic heterocycles. The number of piperazine rings is 1. The van der Waals surface area contributed by atoms with Gasteiger partial charge in [-0.3, -0.25) is 14.9 Å². The number of aliphatic hydroxyl groups is 1. The number of hydrogen-bond donors (Lipinski definition) is 1. The lowest BCUT2D eigenvalue weighted by atomic mass is 10.2. The highest BCUT2D eigenvalue weighted by Crippen LogP contribution is 2.14. The Labute approximate surface area is 218 Å². The fraction of sp³-hybridized carbons (Fsp3) is 0.360. The van der Waals surface area contributed by atoms with Crippen molar-refractivity contribution in [1.29, 1.82) is 0 Å². The monoisotopic (exact) mass is 528 g/mol. The molecule has 1 fully saturated rings. The molecule has 0 bridgehead atoms. The van der Waals surface area contributed by atoms with E-state index in [-0.39, 0.29) is 51.5 Å². The van der Waals surface area contributed by atoms with Crippen LogP contribution in [-0.2, 0) is 27.5 Å². The smallest absolute Gasteiger partial charge is 0.433 e. The fourth-order valence-electron chi connectivity index (χ4n) is 3.50. The topological polar surface area (TPSA) is 161 Å². The summed E-state index contributed by atoms with van der Waals surface area (Å²) in [6, 6.07) is 12.6. The molecule has 2 aromatic carbocycles. The number of aliphatic imine (C=N–C) groups is 1. The zero-order chi connectivity index (χ0) is 27.5. The van der Waals surface area contributed by atoms with Crippen LogP contribution in [0.1, 0.15) is 17.5 Å². The van der Waals surface area contributed by atoms with Gasteiger partial charge in [-0.15, -0.1) is 0 Å². The average molecular weight is 529 g/mol. The third kappa shape index (κ3) is 8.27. The van der Waals surface area contributed by atoms with Crippen LogP contribution in [-0.4, -0.2) is 83.5 Å². The second kappa shape index (κ2) is 13.7. The first-order valence-corrected chi connectivity index (χ1v) is 11.7. The van der Waals surface area contributed by atoms with Gasteiger partial charge in [-0.05, 0) is 35.4 Å². The highest BCUT2D eigenvalue weighted by atomic mass is 16.6. The van der Waals surface area contributed by atoms with Crippen molar-refractivity contribution < 1.29 is 38.6 Å². The predicted octanol–water partition coefficient (Wildman–Crippen LogP) is 2.54. The number of aliphatic hydroxyl groups excluding tert-OH is 1. The molecule has 3 amide bonds. The number of carbonyl (C=O) groups excluding carboxylic acids is 3. The normalized spacial score (nSPS) is 14.2. The largest absolute Gasteiger partial charge is 0.497 e. The van der Waals surface area contributed by atoms with Crippen molar-refractivity contribution in [1.82, 2.24) is 9.80 Å². The first-order valence-electron chi connectivity index (χ1n) is 11.7. The van der Waals surface area contributed by atoms with Crippen LogP contribution in [0.25, 0.3) is 0 Å². The molecular formula is C25H28N4O9. The molecule has 1 aliphatic rings. The molecule has 1 saturated heterocycles. The van der Waals surface area contributed by atoms with Crippen LogP contribution in [0, 0.1) is 10.1 Å².